The minimum atomic E-state index is -0.783. The highest BCUT2D eigenvalue weighted by Crippen LogP contribution is 2.22. The maximum Gasteiger partial charge on any atom is 0.308 e. The molecule has 2 aliphatic heterocycles. The molecule has 0 aromatic rings. The summed E-state index contributed by atoms with van der Waals surface area (Å²) in [5, 5.41) is 8.89. The van der Waals surface area contributed by atoms with Gasteiger partial charge in [-0.25, -0.2) is 0 Å². The Morgan fingerprint density at radius 3 is 2.56 bits per heavy atom. The Labute approximate surface area is 107 Å². The number of carboxylic acid groups (broad SMARTS) is 1. The zero-order valence-electron chi connectivity index (χ0n) is 10.6. The summed E-state index contributed by atoms with van der Waals surface area (Å²) in [4.78, 5) is 24.5. The summed E-state index contributed by atoms with van der Waals surface area (Å²) in [6, 6.07) is 0. The van der Waals surface area contributed by atoms with Gasteiger partial charge in [0.2, 0.25) is 5.91 Å². The van der Waals surface area contributed by atoms with Crippen LogP contribution < -0.4 is 0 Å². The van der Waals surface area contributed by atoms with Gasteiger partial charge in [-0.15, -0.1) is 0 Å². The van der Waals surface area contributed by atoms with Crippen molar-refractivity contribution in [3.05, 3.63) is 0 Å². The Morgan fingerprint density at radius 2 is 1.94 bits per heavy atom. The highest BCUT2D eigenvalue weighted by molar-refractivity contribution is 5.78. The third-order valence-electron chi connectivity index (χ3n) is 4.00. The van der Waals surface area contributed by atoms with Gasteiger partial charge in [-0.1, -0.05) is 0 Å². The van der Waals surface area contributed by atoms with Crippen LogP contribution >= 0.6 is 0 Å². The van der Waals surface area contributed by atoms with E-state index in [9.17, 15) is 9.59 Å². The SMILES string of the molecule is O=C(O)[C@H]1CCN(C(=O)CCC2CCOCC2)C1. The molecule has 18 heavy (non-hydrogen) atoms. The fourth-order valence-electron chi connectivity index (χ4n) is 2.71. The average Bonchev–Trinajstić information content (AvgIpc) is 2.87. The maximum absolute atomic E-state index is 12.0. The number of carboxylic acids is 1. The Hall–Kier alpha value is -1.10. The smallest absolute Gasteiger partial charge is 0.308 e. The average molecular weight is 255 g/mol. The van der Waals surface area contributed by atoms with Crippen LogP contribution in [0.5, 0.6) is 0 Å². The lowest BCUT2D eigenvalue weighted by molar-refractivity contribution is -0.141. The second-order valence-corrected chi connectivity index (χ2v) is 5.26. The summed E-state index contributed by atoms with van der Waals surface area (Å²) in [5.41, 5.74) is 0. The zero-order valence-corrected chi connectivity index (χ0v) is 10.6. The number of carbonyl (C=O) groups is 2. The molecule has 1 amide bonds. The van der Waals surface area contributed by atoms with Gasteiger partial charge in [0.25, 0.3) is 0 Å². The summed E-state index contributed by atoms with van der Waals surface area (Å²) in [6.45, 7) is 2.61. The number of carbonyl (C=O) groups excluding carboxylic acids is 1. The van der Waals surface area contributed by atoms with Crippen molar-refractivity contribution in [2.24, 2.45) is 11.8 Å². The molecule has 0 bridgehead atoms. The first-order chi connectivity index (χ1) is 8.66. The van der Waals surface area contributed by atoms with Crippen molar-refractivity contribution < 1.29 is 19.4 Å². The number of amides is 1. The first kappa shape index (κ1) is 13.3. The molecule has 2 aliphatic rings. The molecular weight excluding hydrogens is 234 g/mol. The van der Waals surface area contributed by atoms with E-state index in [1.165, 1.54) is 0 Å². The molecule has 0 aliphatic carbocycles. The van der Waals surface area contributed by atoms with Gasteiger partial charge in [0, 0.05) is 32.7 Å². The minimum Gasteiger partial charge on any atom is -0.481 e. The molecule has 0 unspecified atom stereocenters. The van der Waals surface area contributed by atoms with E-state index in [2.05, 4.69) is 0 Å². The number of likely N-dealkylation sites (tertiary alicyclic amines) is 1. The molecule has 0 saturated carbocycles. The van der Waals surface area contributed by atoms with E-state index in [0.717, 1.165) is 32.5 Å². The van der Waals surface area contributed by atoms with Crippen molar-refractivity contribution in [1.29, 1.82) is 0 Å². The Balaban J connectivity index is 1.70. The van der Waals surface area contributed by atoms with Crippen LogP contribution in [0.3, 0.4) is 0 Å². The molecule has 5 heteroatoms. The van der Waals surface area contributed by atoms with E-state index in [0.29, 0.717) is 31.8 Å². The summed E-state index contributed by atoms with van der Waals surface area (Å²) >= 11 is 0. The minimum absolute atomic E-state index is 0.116. The number of hydrogen-bond acceptors (Lipinski definition) is 3. The predicted molar refractivity (Wildman–Crippen MR) is 65.1 cm³/mol. The number of rotatable bonds is 4. The molecule has 1 N–H and O–H groups in total. The third kappa shape index (κ3) is 3.45. The highest BCUT2D eigenvalue weighted by atomic mass is 16.5. The van der Waals surface area contributed by atoms with Gasteiger partial charge in [-0.05, 0) is 31.6 Å². The number of aliphatic carboxylic acids is 1. The summed E-state index contributed by atoms with van der Waals surface area (Å²) in [5.74, 6) is -0.433. The fraction of sp³-hybridized carbons (Fsp3) is 0.846. The van der Waals surface area contributed by atoms with Crippen LogP contribution in [-0.2, 0) is 14.3 Å². The van der Waals surface area contributed by atoms with Crippen molar-refractivity contribution in [1.82, 2.24) is 4.90 Å². The molecule has 2 fully saturated rings. The zero-order chi connectivity index (χ0) is 13.0. The Bertz CT molecular complexity index is 312. The Kier molecular flexibility index (Phi) is 4.58. The Morgan fingerprint density at radius 1 is 1.22 bits per heavy atom. The lowest BCUT2D eigenvalue weighted by Crippen LogP contribution is -2.30. The molecule has 0 aromatic carbocycles. The monoisotopic (exact) mass is 255 g/mol. The molecule has 1 atom stereocenters. The van der Waals surface area contributed by atoms with Gasteiger partial charge in [0.1, 0.15) is 0 Å². The number of ether oxygens (including phenoxy) is 1. The van der Waals surface area contributed by atoms with Gasteiger partial charge in [-0.2, -0.15) is 0 Å². The van der Waals surface area contributed by atoms with E-state index < -0.39 is 5.97 Å². The van der Waals surface area contributed by atoms with Crippen molar-refractivity contribution in [3.8, 4) is 0 Å². The van der Waals surface area contributed by atoms with E-state index >= 15 is 0 Å². The normalized spacial score (nSPS) is 25.3. The van der Waals surface area contributed by atoms with Crippen molar-refractivity contribution in [2.45, 2.75) is 32.1 Å². The van der Waals surface area contributed by atoms with E-state index in [4.69, 9.17) is 9.84 Å². The molecule has 0 radical (unpaired) electrons. The van der Waals surface area contributed by atoms with Crippen molar-refractivity contribution >= 4 is 11.9 Å². The first-order valence-electron chi connectivity index (χ1n) is 6.75. The second-order valence-electron chi connectivity index (χ2n) is 5.26. The molecule has 2 heterocycles. The topological polar surface area (TPSA) is 66.8 Å². The molecule has 5 nitrogen and oxygen atoms in total. The maximum atomic E-state index is 12.0. The van der Waals surface area contributed by atoms with Gasteiger partial charge < -0.3 is 14.7 Å². The van der Waals surface area contributed by atoms with Crippen LogP contribution in [0.2, 0.25) is 0 Å². The third-order valence-corrected chi connectivity index (χ3v) is 4.00. The van der Waals surface area contributed by atoms with Crippen LogP contribution in [0.4, 0.5) is 0 Å². The van der Waals surface area contributed by atoms with Crippen LogP contribution in [0.15, 0.2) is 0 Å². The lowest BCUT2D eigenvalue weighted by atomic mass is 9.95. The van der Waals surface area contributed by atoms with Crippen LogP contribution in [0, 0.1) is 11.8 Å². The standard InChI is InChI=1S/C13H21NO4/c15-12(2-1-10-4-7-18-8-5-10)14-6-3-11(9-14)13(16)17/h10-11H,1-9H2,(H,16,17)/t11-/m0/s1. The van der Waals surface area contributed by atoms with Gasteiger partial charge >= 0.3 is 5.97 Å². The fourth-order valence-corrected chi connectivity index (χ4v) is 2.71. The predicted octanol–water partition coefficient (Wildman–Crippen LogP) is 1.13. The molecule has 2 saturated heterocycles. The molecule has 102 valence electrons. The van der Waals surface area contributed by atoms with Crippen molar-refractivity contribution in [3.63, 3.8) is 0 Å². The number of nitrogens with zero attached hydrogens (tertiary/aromatic N) is 1. The largest absolute Gasteiger partial charge is 0.481 e. The molecular formula is C13H21NO4. The summed E-state index contributed by atoms with van der Waals surface area (Å²) < 4.78 is 5.29. The van der Waals surface area contributed by atoms with E-state index in [1.54, 1.807) is 4.90 Å². The molecule has 2 rings (SSSR count). The van der Waals surface area contributed by atoms with Crippen LogP contribution in [0.25, 0.3) is 0 Å². The summed E-state index contributed by atoms with van der Waals surface area (Å²) in [6.07, 6.45) is 4.15. The molecule has 0 aromatic heterocycles. The van der Waals surface area contributed by atoms with Gasteiger partial charge in [0.05, 0.1) is 5.92 Å². The lowest BCUT2D eigenvalue weighted by Gasteiger charge is -2.23. The van der Waals surface area contributed by atoms with Gasteiger partial charge in [0.15, 0.2) is 0 Å². The summed E-state index contributed by atoms with van der Waals surface area (Å²) in [7, 11) is 0. The van der Waals surface area contributed by atoms with Crippen LogP contribution in [0.1, 0.15) is 32.1 Å². The van der Waals surface area contributed by atoms with Crippen LogP contribution in [-0.4, -0.2) is 48.2 Å². The quantitative estimate of drug-likeness (QED) is 0.817. The van der Waals surface area contributed by atoms with Crippen molar-refractivity contribution in [2.75, 3.05) is 26.3 Å². The molecule has 0 spiro atoms. The second kappa shape index (κ2) is 6.18. The first-order valence-corrected chi connectivity index (χ1v) is 6.75. The van der Waals surface area contributed by atoms with E-state index in [1.807, 2.05) is 0 Å². The van der Waals surface area contributed by atoms with Gasteiger partial charge in [-0.3, -0.25) is 9.59 Å². The highest BCUT2D eigenvalue weighted by Gasteiger charge is 2.30. The number of hydrogen-bond donors (Lipinski definition) is 1. The van der Waals surface area contributed by atoms with E-state index in [-0.39, 0.29) is 11.8 Å².